The molecule has 3 aliphatic heterocycles. The highest BCUT2D eigenvalue weighted by molar-refractivity contribution is 6.05. The Morgan fingerprint density at radius 3 is 2.70 bits per heavy atom. The predicted molar refractivity (Wildman–Crippen MR) is 81.4 cm³/mol. The molecule has 0 saturated heterocycles. The molecule has 7 nitrogen and oxygen atoms in total. The maximum absolute atomic E-state index is 5.94. The van der Waals surface area contributed by atoms with Gasteiger partial charge >= 0.3 is 0 Å². The first-order valence-electron chi connectivity index (χ1n) is 7.19. The van der Waals surface area contributed by atoms with Gasteiger partial charge in [0, 0.05) is 11.6 Å². The largest absolute Gasteiger partial charge is 0.491 e. The molecule has 2 aromatic rings. The summed E-state index contributed by atoms with van der Waals surface area (Å²) in [5, 5.41) is 7.51. The first-order chi connectivity index (χ1) is 11.3. The molecule has 2 aromatic carbocycles. The summed E-state index contributed by atoms with van der Waals surface area (Å²) in [5.41, 5.74) is 2.21. The number of para-hydroxylation sites is 1. The van der Waals surface area contributed by atoms with Crippen molar-refractivity contribution < 1.29 is 14.2 Å². The molecule has 1 unspecified atom stereocenters. The summed E-state index contributed by atoms with van der Waals surface area (Å²) in [6.45, 7) is 0.603. The van der Waals surface area contributed by atoms with E-state index in [0.717, 1.165) is 22.6 Å². The Morgan fingerprint density at radius 2 is 1.83 bits per heavy atom. The number of aliphatic imine (C=N–C) groups is 1. The molecule has 1 spiro atoms. The Balaban J connectivity index is 1.79. The van der Waals surface area contributed by atoms with Crippen LogP contribution >= 0.6 is 0 Å². The van der Waals surface area contributed by atoms with Crippen LogP contribution in [0.3, 0.4) is 0 Å². The Bertz CT molecular complexity index is 893. The van der Waals surface area contributed by atoms with E-state index < -0.39 is 5.41 Å². The predicted octanol–water partition coefficient (Wildman–Crippen LogP) is 2.46. The van der Waals surface area contributed by atoms with Gasteiger partial charge in [-0.1, -0.05) is 23.4 Å². The van der Waals surface area contributed by atoms with E-state index in [-0.39, 0.29) is 6.79 Å². The third kappa shape index (κ3) is 1.46. The molecule has 5 rings (SSSR count). The summed E-state index contributed by atoms with van der Waals surface area (Å²) in [5.74, 6) is 7.95. The molecule has 0 bridgehead atoms. The van der Waals surface area contributed by atoms with E-state index in [2.05, 4.69) is 15.3 Å². The van der Waals surface area contributed by atoms with Crippen molar-refractivity contribution in [3.05, 3.63) is 47.5 Å². The van der Waals surface area contributed by atoms with Crippen LogP contribution in [0.25, 0.3) is 0 Å². The second-order valence-electron chi connectivity index (χ2n) is 5.56. The van der Waals surface area contributed by atoms with Crippen LogP contribution in [0.15, 0.2) is 51.7 Å². The SMILES string of the molecule is NN=NC1=Nc2ccccc2C12COc1cc3c(cc12)OCO3. The molecule has 3 aliphatic rings. The highest BCUT2D eigenvalue weighted by Crippen LogP contribution is 2.54. The zero-order valence-electron chi connectivity index (χ0n) is 12.0. The average molecular weight is 308 g/mol. The molecule has 2 N–H and O–H groups in total. The summed E-state index contributed by atoms with van der Waals surface area (Å²) in [7, 11) is 0. The molecular formula is C16H12N4O3. The van der Waals surface area contributed by atoms with Crippen molar-refractivity contribution in [3.8, 4) is 17.2 Å². The summed E-state index contributed by atoms with van der Waals surface area (Å²) < 4.78 is 16.9. The number of nitrogens with zero attached hydrogens (tertiary/aromatic N) is 3. The van der Waals surface area contributed by atoms with E-state index in [1.807, 2.05) is 36.4 Å². The average Bonchev–Trinajstić information content (AvgIpc) is 3.25. The third-order valence-corrected chi connectivity index (χ3v) is 4.50. The maximum Gasteiger partial charge on any atom is 0.231 e. The Labute approximate surface area is 131 Å². The number of hydrogen-bond acceptors (Lipinski definition) is 6. The molecular weight excluding hydrogens is 296 g/mol. The molecule has 1 atom stereocenters. The first kappa shape index (κ1) is 12.5. The molecule has 0 aromatic heterocycles. The standard InChI is InChI=1S/C16H12N4O3/c17-20-19-15-16(9-3-1-2-4-11(9)18-15)7-21-12-6-14-13(5-10(12)16)22-8-23-14/h1-6H,7-8H2,(H2,17,18,19). The van der Waals surface area contributed by atoms with Gasteiger partial charge in [0.25, 0.3) is 0 Å². The fourth-order valence-electron chi connectivity index (χ4n) is 3.47. The van der Waals surface area contributed by atoms with E-state index >= 15 is 0 Å². The number of benzene rings is 2. The zero-order valence-corrected chi connectivity index (χ0v) is 12.0. The number of ether oxygens (including phenoxy) is 3. The molecule has 0 radical (unpaired) electrons. The fraction of sp³-hybridized carbons (Fsp3) is 0.188. The lowest BCUT2D eigenvalue weighted by Gasteiger charge is -2.23. The third-order valence-electron chi connectivity index (χ3n) is 4.50. The lowest BCUT2D eigenvalue weighted by molar-refractivity contribution is 0.173. The van der Waals surface area contributed by atoms with Gasteiger partial charge in [-0.05, 0) is 17.7 Å². The van der Waals surface area contributed by atoms with Crippen LogP contribution < -0.4 is 20.1 Å². The van der Waals surface area contributed by atoms with E-state index in [0.29, 0.717) is 23.9 Å². The number of amidine groups is 1. The minimum absolute atomic E-state index is 0.214. The number of nitrogens with two attached hydrogens (primary N) is 1. The van der Waals surface area contributed by atoms with Gasteiger partial charge in [-0.15, -0.1) is 5.11 Å². The maximum atomic E-state index is 5.94. The molecule has 0 amide bonds. The first-order valence-corrected chi connectivity index (χ1v) is 7.19. The van der Waals surface area contributed by atoms with E-state index in [1.165, 1.54) is 0 Å². The van der Waals surface area contributed by atoms with Crippen molar-refractivity contribution in [3.63, 3.8) is 0 Å². The highest BCUT2D eigenvalue weighted by Gasteiger charge is 2.52. The molecule has 114 valence electrons. The van der Waals surface area contributed by atoms with Crippen LogP contribution in [0.1, 0.15) is 11.1 Å². The Morgan fingerprint density at radius 1 is 1.00 bits per heavy atom. The summed E-state index contributed by atoms with van der Waals surface area (Å²) in [6, 6.07) is 11.7. The van der Waals surface area contributed by atoms with Crippen LogP contribution in [-0.2, 0) is 5.41 Å². The van der Waals surface area contributed by atoms with E-state index in [4.69, 9.17) is 20.1 Å². The van der Waals surface area contributed by atoms with Crippen LogP contribution in [0.4, 0.5) is 5.69 Å². The summed E-state index contributed by atoms with van der Waals surface area (Å²) >= 11 is 0. The Hall–Kier alpha value is -3.09. The van der Waals surface area contributed by atoms with Gasteiger partial charge in [-0.2, -0.15) is 0 Å². The van der Waals surface area contributed by atoms with Gasteiger partial charge in [0.2, 0.25) is 6.79 Å². The van der Waals surface area contributed by atoms with Crippen LogP contribution in [0.2, 0.25) is 0 Å². The summed E-state index contributed by atoms with van der Waals surface area (Å²) in [4.78, 5) is 4.59. The monoisotopic (exact) mass is 308 g/mol. The van der Waals surface area contributed by atoms with Gasteiger partial charge in [0.05, 0.1) is 5.69 Å². The van der Waals surface area contributed by atoms with Crippen molar-refractivity contribution >= 4 is 11.5 Å². The molecule has 23 heavy (non-hydrogen) atoms. The van der Waals surface area contributed by atoms with Gasteiger partial charge in [0.1, 0.15) is 17.8 Å². The fourth-order valence-corrected chi connectivity index (χ4v) is 3.47. The zero-order chi connectivity index (χ0) is 15.4. The molecule has 0 fully saturated rings. The van der Waals surface area contributed by atoms with Crippen molar-refractivity contribution in [2.45, 2.75) is 5.41 Å². The Kier molecular flexibility index (Phi) is 2.29. The van der Waals surface area contributed by atoms with Crippen molar-refractivity contribution in [2.75, 3.05) is 13.4 Å². The van der Waals surface area contributed by atoms with Crippen LogP contribution in [-0.4, -0.2) is 19.2 Å². The lowest BCUT2D eigenvalue weighted by Crippen LogP contribution is -2.35. The second-order valence-corrected chi connectivity index (χ2v) is 5.56. The van der Waals surface area contributed by atoms with Gasteiger partial charge in [-0.25, -0.2) is 4.99 Å². The molecule has 7 heteroatoms. The number of fused-ring (bicyclic) bond motifs is 5. The lowest BCUT2D eigenvalue weighted by atomic mass is 9.76. The van der Waals surface area contributed by atoms with Crippen LogP contribution in [0.5, 0.6) is 17.2 Å². The quantitative estimate of drug-likeness (QED) is 0.460. The van der Waals surface area contributed by atoms with Crippen LogP contribution in [0, 0.1) is 0 Å². The normalized spacial score (nSPS) is 23.0. The minimum Gasteiger partial charge on any atom is -0.491 e. The molecule has 0 saturated carbocycles. The number of rotatable bonds is 0. The molecule has 0 aliphatic carbocycles. The highest BCUT2D eigenvalue weighted by atomic mass is 16.7. The smallest absolute Gasteiger partial charge is 0.231 e. The van der Waals surface area contributed by atoms with Gasteiger partial charge in [0.15, 0.2) is 17.3 Å². The molecule has 3 heterocycles. The van der Waals surface area contributed by atoms with Gasteiger partial charge in [-0.3, -0.25) is 0 Å². The second kappa shape index (κ2) is 4.22. The van der Waals surface area contributed by atoms with E-state index in [1.54, 1.807) is 0 Å². The minimum atomic E-state index is -0.615. The number of hydrogen-bond donors (Lipinski definition) is 1. The van der Waals surface area contributed by atoms with Crippen molar-refractivity contribution in [2.24, 2.45) is 21.2 Å². The van der Waals surface area contributed by atoms with E-state index in [9.17, 15) is 0 Å². The van der Waals surface area contributed by atoms with Gasteiger partial charge < -0.3 is 20.1 Å². The van der Waals surface area contributed by atoms with Crippen molar-refractivity contribution in [1.82, 2.24) is 0 Å². The van der Waals surface area contributed by atoms with Crippen molar-refractivity contribution in [1.29, 1.82) is 0 Å². The topological polar surface area (TPSA) is 90.8 Å². The summed E-state index contributed by atoms with van der Waals surface area (Å²) in [6.07, 6.45) is 0.